The van der Waals surface area contributed by atoms with E-state index in [1.165, 1.54) is 30.7 Å². The zero-order valence-corrected chi connectivity index (χ0v) is 11.1. The topological polar surface area (TPSA) is 3.24 Å². The Morgan fingerprint density at radius 3 is 2.07 bits per heavy atom. The Hall–Kier alpha value is -0.720. The fourth-order valence-corrected chi connectivity index (χ4v) is 2.10. The van der Waals surface area contributed by atoms with Crippen LogP contribution in [-0.2, 0) is 0 Å². The van der Waals surface area contributed by atoms with E-state index < -0.39 is 0 Å². The van der Waals surface area contributed by atoms with Crippen LogP contribution >= 0.6 is 0 Å². The molecule has 0 radical (unpaired) electrons. The summed E-state index contributed by atoms with van der Waals surface area (Å²) < 4.78 is 0. The molecule has 0 aromatic rings. The standard InChI is InChI=1S/C12H21N.C2H6/c1-6-7-8-12-9(2)10(3)13(5)11(12)4;1-2/h9,12H,3-4,6-8H2,1-2,5H3;1-2H3. The Labute approximate surface area is 95.9 Å². The molecule has 1 aliphatic rings. The molecule has 1 rings (SSSR count). The van der Waals surface area contributed by atoms with Crippen LogP contribution in [0, 0.1) is 11.8 Å². The van der Waals surface area contributed by atoms with Crippen LogP contribution < -0.4 is 0 Å². The molecule has 0 spiro atoms. The maximum Gasteiger partial charge on any atom is 0.0139 e. The van der Waals surface area contributed by atoms with E-state index in [1.807, 2.05) is 13.8 Å². The van der Waals surface area contributed by atoms with Crippen molar-refractivity contribution < 1.29 is 0 Å². The van der Waals surface area contributed by atoms with Gasteiger partial charge in [0, 0.05) is 30.3 Å². The smallest absolute Gasteiger partial charge is 0.0139 e. The van der Waals surface area contributed by atoms with Gasteiger partial charge in [-0.3, -0.25) is 0 Å². The fraction of sp³-hybridized carbons (Fsp3) is 0.714. The number of allylic oxidation sites excluding steroid dienone is 2. The summed E-state index contributed by atoms with van der Waals surface area (Å²) in [5.74, 6) is 1.22. The van der Waals surface area contributed by atoms with Gasteiger partial charge in [0.05, 0.1) is 0 Å². The van der Waals surface area contributed by atoms with Gasteiger partial charge in [-0.15, -0.1) is 0 Å². The summed E-state index contributed by atoms with van der Waals surface area (Å²) in [6, 6.07) is 0. The third-order valence-electron chi connectivity index (χ3n) is 3.29. The Kier molecular flexibility index (Phi) is 6.38. The van der Waals surface area contributed by atoms with Crippen molar-refractivity contribution in [3.8, 4) is 0 Å². The van der Waals surface area contributed by atoms with Crippen LogP contribution in [0.15, 0.2) is 24.6 Å². The van der Waals surface area contributed by atoms with Gasteiger partial charge in [0.2, 0.25) is 0 Å². The van der Waals surface area contributed by atoms with Crippen molar-refractivity contribution in [2.75, 3.05) is 7.05 Å². The van der Waals surface area contributed by atoms with Gasteiger partial charge in [-0.2, -0.15) is 0 Å². The third kappa shape index (κ3) is 3.12. The Bertz CT molecular complexity index is 217. The van der Waals surface area contributed by atoms with Crippen molar-refractivity contribution in [1.82, 2.24) is 4.90 Å². The van der Waals surface area contributed by atoms with Crippen LogP contribution in [0.25, 0.3) is 0 Å². The van der Waals surface area contributed by atoms with Crippen molar-refractivity contribution in [3.05, 3.63) is 24.6 Å². The molecule has 0 amide bonds. The first-order chi connectivity index (χ1) is 7.09. The molecule has 0 aromatic heterocycles. The minimum atomic E-state index is 0.587. The molecule has 1 fully saturated rings. The van der Waals surface area contributed by atoms with Crippen molar-refractivity contribution in [2.45, 2.75) is 47.0 Å². The average Bonchev–Trinajstić information content (AvgIpc) is 2.45. The summed E-state index contributed by atoms with van der Waals surface area (Å²) in [5.41, 5.74) is 2.48. The van der Waals surface area contributed by atoms with Crippen LogP contribution in [0.1, 0.15) is 47.0 Å². The van der Waals surface area contributed by atoms with Gasteiger partial charge >= 0.3 is 0 Å². The molecule has 1 heteroatoms. The highest BCUT2D eigenvalue weighted by atomic mass is 15.2. The van der Waals surface area contributed by atoms with E-state index >= 15 is 0 Å². The Morgan fingerprint density at radius 1 is 1.20 bits per heavy atom. The first-order valence-corrected chi connectivity index (χ1v) is 6.20. The van der Waals surface area contributed by atoms with E-state index in [-0.39, 0.29) is 0 Å². The summed E-state index contributed by atoms with van der Waals surface area (Å²) >= 11 is 0. The van der Waals surface area contributed by atoms with Gasteiger partial charge in [0.15, 0.2) is 0 Å². The van der Waals surface area contributed by atoms with Gasteiger partial charge in [-0.1, -0.05) is 53.7 Å². The van der Waals surface area contributed by atoms with E-state index in [9.17, 15) is 0 Å². The van der Waals surface area contributed by atoms with E-state index in [0.717, 1.165) is 0 Å². The molecule has 1 saturated heterocycles. The predicted molar refractivity (Wildman–Crippen MR) is 69.6 cm³/mol. The predicted octanol–water partition coefficient (Wildman–Crippen LogP) is 4.43. The van der Waals surface area contributed by atoms with Crippen LogP contribution in [0.2, 0.25) is 0 Å². The van der Waals surface area contributed by atoms with Gasteiger partial charge in [-0.25, -0.2) is 0 Å². The lowest BCUT2D eigenvalue weighted by Gasteiger charge is -2.15. The molecular weight excluding hydrogens is 182 g/mol. The number of hydrogen-bond acceptors (Lipinski definition) is 1. The Morgan fingerprint density at radius 2 is 1.73 bits per heavy atom. The number of hydrogen-bond donors (Lipinski definition) is 0. The molecule has 0 aromatic carbocycles. The van der Waals surface area contributed by atoms with Gasteiger partial charge in [0.25, 0.3) is 0 Å². The summed E-state index contributed by atoms with van der Waals surface area (Å²) in [6.07, 6.45) is 3.84. The molecular formula is C14H27N. The molecule has 1 aliphatic heterocycles. The van der Waals surface area contributed by atoms with E-state index in [1.54, 1.807) is 0 Å². The monoisotopic (exact) mass is 209 g/mol. The molecule has 0 saturated carbocycles. The van der Waals surface area contributed by atoms with E-state index in [2.05, 4.69) is 39.0 Å². The minimum absolute atomic E-state index is 0.587. The lowest BCUT2D eigenvalue weighted by Crippen LogP contribution is -2.09. The molecule has 1 heterocycles. The Balaban J connectivity index is 0.000000921. The molecule has 88 valence electrons. The summed E-state index contributed by atoms with van der Waals surface area (Å²) in [7, 11) is 2.08. The lowest BCUT2D eigenvalue weighted by molar-refractivity contribution is 0.456. The van der Waals surface area contributed by atoms with Crippen LogP contribution in [0.3, 0.4) is 0 Å². The molecule has 0 N–H and O–H groups in total. The molecule has 15 heavy (non-hydrogen) atoms. The van der Waals surface area contributed by atoms with Crippen LogP contribution in [0.5, 0.6) is 0 Å². The second kappa shape index (κ2) is 6.71. The SMILES string of the molecule is C=C1C(C)C(CCCC)C(=C)N1C.CC. The maximum absolute atomic E-state index is 4.14. The lowest BCUT2D eigenvalue weighted by atomic mass is 9.89. The van der Waals surface area contributed by atoms with Gasteiger partial charge in [0.1, 0.15) is 0 Å². The first kappa shape index (κ1) is 14.3. The second-order valence-electron chi connectivity index (χ2n) is 4.08. The highest BCUT2D eigenvalue weighted by Gasteiger charge is 2.33. The largest absolute Gasteiger partial charge is 0.352 e. The third-order valence-corrected chi connectivity index (χ3v) is 3.29. The zero-order valence-electron chi connectivity index (χ0n) is 11.1. The van der Waals surface area contributed by atoms with Crippen LogP contribution in [0.4, 0.5) is 0 Å². The molecule has 2 atom stereocenters. The highest BCUT2D eigenvalue weighted by Crippen LogP contribution is 2.40. The van der Waals surface area contributed by atoms with Crippen LogP contribution in [-0.4, -0.2) is 11.9 Å². The molecule has 2 unspecified atom stereocenters. The van der Waals surface area contributed by atoms with Crippen molar-refractivity contribution in [2.24, 2.45) is 11.8 Å². The number of likely N-dealkylation sites (tertiary alicyclic amines) is 1. The number of rotatable bonds is 3. The highest BCUT2D eigenvalue weighted by molar-refractivity contribution is 5.22. The van der Waals surface area contributed by atoms with Gasteiger partial charge < -0.3 is 4.90 Å². The minimum Gasteiger partial charge on any atom is -0.352 e. The fourth-order valence-electron chi connectivity index (χ4n) is 2.10. The maximum atomic E-state index is 4.14. The summed E-state index contributed by atoms with van der Waals surface area (Å²) in [5, 5.41) is 0. The molecule has 0 aliphatic carbocycles. The zero-order chi connectivity index (χ0) is 12.0. The number of nitrogens with zero attached hydrogens (tertiary/aromatic N) is 1. The molecule has 0 bridgehead atoms. The van der Waals surface area contributed by atoms with Crippen molar-refractivity contribution >= 4 is 0 Å². The van der Waals surface area contributed by atoms with Crippen molar-refractivity contribution in [1.29, 1.82) is 0 Å². The quantitative estimate of drug-likeness (QED) is 0.664. The van der Waals surface area contributed by atoms with E-state index in [4.69, 9.17) is 0 Å². The second-order valence-corrected chi connectivity index (χ2v) is 4.08. The number of unbranched alkanes of at least 4 members (excludes halogenated alkanes) is 1. The first-order valence-electron chi connectivity index (χ1n) is 6.20. The van der Waals surface area contributed by atoms with Gasteiger partial charge in [-0.05, 0) is 6.42 Å². The normalized spacial score (nSPS) is 25.3. The van der Waals surface area contributed by atoms with E-state index in [0.29, 0.717) is 11.8 Å². The molecule has 1 nitrogen and oxygen atoms in total. The van der Waals surface area contributed by atoms with Crippen molar-refractivity contribution in [3.63, 3.8) is 0 Å². The summed E-state index contributed by atoms with van der Waals surface area (Å²) in [6.45, 7) is 16.7. The summed E-state index contributed by atoms with van der Waals surface area (Å²) in [4.78, 5) is 2.16. The average molecular weight is 209 g/mol.